The second kappa shape index (κ2) is 8.57. The second-order valence-corrected chi connectivity index (χ2v) is 8.16. The molecule has 1 saturated heterocycles. The summed E-state index contributed by atoms with van der Waals surface area (Å²) >= 11 is 6.53. The molecule has 7 heteroatoms. The van der Waals surface area contributed by atoms with E-state index < -0.39 is 0 Å². The summed E-state index contributed by atoms with van der Waals surface area (Å²) in [6.07, 6.45) is 1.73. The van der Waals surface area contributed by atoms with Crippen LogP contribution in [0.4, 0.5) is 22.9 Å². The quantitative estimate of drug-likeness (QED) is 0.588. The Morgan fingerprint density at radius 3 is 2.65 bits per heavy atom. The van der Waals surface area contributed by atoms with Gasteiger partial charge in [-0.05, 0) is 48.9 Å². The molecule has 0 aliphatic carbocycles. The van der Waals surface area contributed by atoms with Crippen molar-refractivity contribution in [3.05, 3.63) is 64.7 Å². The van der Waals surface area contributed by atoms with Crippen LogP contribution >= 0.6 is 11.6 Å². The van der Waals surface area contributed by atoms with Crippen molar-refractivity contribution in [1.82, 2.24) is 4.98 Å². The van der Waals surface area contributed by atoms with Gasteiger partial charge in [0.05, 0.1) is 42.5 Å². The SMILES string of the molecule is Cc1ccc(-c2cc3c(c(Nc4ccc(N5CCOCC5)cc4)n2)CN=CN3)c(Cl)c1. The number of morpholine rings is 1. The highest BCUT2D eigenvalue weighted by molar-refractivity contribution is 6.33. The molecule has 0 saturated carbocycles. The molecule has 6 nitrogen and oxygen atoms in total. The van der Waals surface area contributed by atoms with Gasteiger partial charge >= 0.3 is 0 Å². The summed E-state index contributed by atoms with van der Waals surface area (Å²) in [5.41, 5.74) is 7.05. The number of hydrogen-bond acceptors (Lipinski definition) is 6. The monoisotopic (exact) mass is 433 g/mol. The van der Waals surface area contributed by atoms with Gasteiger partial charge in [0.15, 0.2) is 0 Å². The zero-order chi connectivity index (χ0) is 21.2. The number of pyridine rings is 1. The molecule has 2 aromatic carbocycles. The molecule has 0 unspecified atom stereocenters. The van der Waals surface area contributed by atoms with Gasteiger partial charge in [-0.3, -0.25) is 4.99 Å². The fraction of sp³-hybridized carbons (Fsp3) is 0.250. The first-order chi connectivity index (χ1) is 15.2. The van der Waals surface area contributed by atoms with Gasteiger partial charge in [0, 0.05) is 35.6 Å². The largest absolute Gasteiger partial charge is 0.378 e. The number of benzene rings is 2. The van der Waals surface area contributed by atoms with Gasteiger partial charge in [-0.25, -0.2) is 4.98 Å². The standard InChI is InChI=1S/C24H24ClN5O/c1-16-2-7-19(21(25)12-16)23-13-22-20(14-26-15-27-22)24(29-23)28-17-3-5-18(6-4-17)30-8-10-31-11-9-30/h2-7,12-13,15H,8-11,14H2,1H3,(H,26,27)(H,28,29). The molecule has 0 radical (unpaired) electrons. The summed E-state index contributed by atoms with van der Waals surface area (Å²) in [5, 5.41) is 7.43. The minimum Gasteiger partial charge on any atom is -0.378 e. The maximum absolute atomic E-state index is 6.53. The molecular formula is C24H24ClN5O. The average Bonchev–Trinajstić information content (AvgIpc) is 2.80. The first kappa shape index (κ1) is 19.8. The molecule has 5 rings (SSSR count). The highest BCUT2D eigenvalue weighted by Crippen LogP contribution is 2.35. The number of aryl methyl sites for hydroxylation is 1. The number of nitrogens with zero attached hydrogens (tertiary/aromatic N) is 3. The molecule has 1 aromatic heterocycles. The molecule has 3 heterocycles. The highest BCUT2D eigenvalue weighted by Gasteiger charge is 2.17. The highest BCUT2D eigenvalue weighted by atomic mass is 35.5. The van der Waals surface area contributed by atoms with Crippen molar-refractivity contribution in [3.8, 4) is 11.3 Å². The first-order valence-corrected chi connectivity index (χ1v) is 10.8. The molecule has 0 amide bonds. The number of rotatable bonds is 4. The predicted octanol–water partition coefficient (Wildman–Crippen LogP) is 5.24. The Bertz CT molecular complexity index is 1120. The Kier molecular flexibility index (Phi) is 5.49. The Labute approximate surface area is 186 Å². The third-order valence-corrected chi connectivity index (χ3v) is 5.90. The van der Waals surface area contributed by atoms with E-state index in [1.807, 2.05) is 25.1 Å². The normalized spacial score (nSPS) is 15.4. The van der Waals surface area contributed by atoms with Gasteiger partial charge in [-0.1, -0.05) is 23.7 Å². The van der Waals surface area contributed by atoms with Crippen LogP contribution in [0.2, 0.25) is 5.02 Å². The first-order valence-electron chi connectivity index (χ1n) is 10.4. The van der Waals surface area contributed by atoms with Crippen molar-refractivity contribution in [1.29, 1.82) is 0 Å². The summed E-state index contributed by atoms with van der Waals surface area (Å²) in [6, 6.07) is 16.5. The fourth-order valence-electron chi connectivity index (χ4n) is 3.90. The van der Waals surface area contributed by atoms with Crippen LogP contribution in [0.25, 0.3) is 11.3 Å². The van der Waals surface area contributed by atoms with E-state index in [1.54, 1.807) is 6.34 Å². The summed E-state index contributed by atoms with van der Waals surface area (Å²) in [6.45, 7) is 6.00. The Hall–Kier alpha value is -3.09. The van der Waals surface area contributed by atoms with E-state index in [4.69, 9.17) is 21.3 Å². The molecule has 0 atom stereocenters. The number of halogens is 1. The van der Waals surface area contributed by atoms with Crippen molar-refractivity contribution in [2.24, 2.45) is 4.99 Å². The van der Waals surface area contributed by atoms with Crippen molar-refractivity contribution in [2.75, 3.05) is 41.8 Å². The smallest absolute Gasteiger partial charge is 0.138 e. The van der Waals surface area contributed by atoms with E-state index >= 15 is 0 Å². The maximum atomic E-state index is 6.53. The van der Waals surface area contributed by atoms with E-state index in [9.17, 15) is 0 Å². The summed E-state index contributed by atoms with van der Waals surface area (Å²) in [7, 11) is 0. The molecule has 2 aliphatic heterocycles. The van der Waals surface area contributed by atoms with Crippen LogP contribution in [0.5, 0.6) is 0 Å². The van der Waals surface area contributed by atoms with Gasteiger partial charge in [-0.15, -0.1) is 0 Å². The van der Waals surface area contributed by atoms with Crippen molar-refractivity contribution in [2.45, 2.75) is 13.5 Å². The van der Waals surface area contributed by atoms with E-state index in [-0.39, 0.29) is 0 Å². The van der Waals surface area contributed by atoms with Gasteiger partial charge in [0.25, 0.3) is 0 Å². The van der Waals surface area contributed by atoms with Crippen LogP contribution in [-0.2, 0) is 11.3 Å². The van der Waals surface area contributed by atoms with Gasteiger partial charge in [-0.2, -0.15) is 0 Å². The van der Waals surface area contributed by atoms with Crippen LogP contribution in [0.1, 0.15) is 11.1 Å². The third-order valence-electron chi connectivity index (χ3n) is 5.59. The summed E-state index contributed by atoms with van der Waals surface area (Å²) in [5.74, 6) is 0.785. The summed E-state index contributed by atoms with van der Waals surface area (Å²) in [4.78, 5) is 11.6. The van der Waals surface area contributed by atoms with Crippen LogP contribution in [0.3, 0.4) is 0 Å². The zero-order valence-electron chi connectivity index (χ0n) is 17.4. The lowest BCUT2D eigenvalue weighted by molar-refractivity contribution is 0.122. The Morgan fingerprint density at radius 2 is 1.87 bits per heavy atom. The van der Waals surface area contributed by atoms with Gasteiger partial charge in [0.2, 0.25) is 0 Å². The van der Waals surface area contributed by atoms with Crippen molar-refractivity contribution < 1.29 is 4.74 Å². The average molecular weight is 434 g/mol. The van der Waals surface area contributed by atoms with E-state index in [1.165, 1.54) is 5.69 Å². The lowest BCUT2D eigenvalue weighted by Gasteiger charge is -2.29. The van der Waals surface area contributed by atoms with Gasteiger partial charge < -0.3 is 20.3 Å². The second-order valence-electron chi connectivity index (χ2n) is 7.75. The molecule has 0 spiro atoms. The molecule has 2 aliphatic rings. The van der Waals surface area contributed by atoms with E-state index in [2.05, 4.69) is 50.9 Å². The van der Waals surface area contributed by atoms with Crippen LogP contribution in [-0.4, -0.2) is 37.6 Å². The van der Waals surface area contributed by atoms with Crippen molar-refractivity contribution >= 4 is 40.8 Å². The maximum Gasteiger partial charge on any atom is 0.138 e. The molecule has 0 bridgehead atoms. The molecule has 2 N–H and O–H groups in total. The molecular weight excluding hydrogens is 410 g/mol. The van der Waals surface area contributed by atoms with Gasteiger partial charge in [0.1, 0.15) is 5.82 Å². The Morgan fingerprint density at radius 1 is 1.06 bits per heavy atom. The predicted molar refractivity (Wildman–Crippen MR) is 128 cm³/mol. The zero-order valence-corrected chi connectivity index (χ0v) is 18.1. The topological polar surface area (TPSA) is 61.8 Å². The number of anilines is 4. The number of ether oxygens (including phenoxy) is 1. The molecule has 31 heavy (non-hydrogen) atoms. The number of fused-ring (bicyclic) bond motifs is 1. The minimum atomic E-state index is 0.575. The van der Waals surface area contributed by atoms with Crippen LogP contribution < -0.4 is 15.5 Å². The van der Waals surface area contributed by atoms with E-state index in [0.29, 0.717) is 11.6 Å². The third kappa shape index (κ3) is 4.22. The minimum absolute atomic E-state index is 0.575. The number of aromatic nitrogens is 1. The van der Waals surface area contributed by atoms with Crippen molar-refractivity contribution in [3.63, 3.8) is 0 Å². The van der Waals surface area contributed by atoms with Crippen LogP contribution in [0, 0.1) is 6.92 Å². The molecule has 1 fully saturated rings. The lowest BCUT2D eigenvalue weighted by Crippen LogP contribution is -2.36. The fourth-order valence-corrected chi connectivity index (χ4v) is 4.23. The lowest BCUT2D eigenvalue weighted by atomic mass is 10.1. The summed E-state index contributed by atoms with van der Waals surface area (Å²) < 4.78 is 5.45. The number of aliphatic imine (C=N–C) groups is 1. The van der Waals surface area contributed by atoms with E-state index in [0.717, 1.165) is 65.9 Å². The molecule has 3 aromatic rings. The molecule has 158 valence electrons. The Balaban J connectivity index is 1.47. The van der Waals surface area contributed by atoms with Crippen LogP contribution in [0.15, 0.2) is 53.5 Å². The number of hydrogen-bond donors (Lipinski definition) is 2. The number of nitrogens with one attached hydrogen (secondary N) is 2.